The highest BCUT2D eigenvalue weighted by molar-refractivity contribution is 5.79. The third-order valence-corrected chi connectivity index (χ3v) is 2.27. The lowest BCUT2D eigenvalue weighted by Crippen LogP contribution is -1.99. The largest absolute Gasteiger partial charge is 0.299 e. The number of nitrogens with zero attached hydrogens (tertiary/aromatic N) is 4. The first kappa shape index (κ1) is 10.4. The molecule has 0 bridgehead atoms. The zero-order valence-corrected chi connectivity index (χ0v) is 9.25. The molecule has 0 radical (unpaired) electrons. The molecule has 5 nitrogen and oxygen atoms in total. The minimum absolute atomic E-state index is 0.629. The van der Waals surface area contributed by atoms with E-state index in [-0.39, 0.29) is 0 Å². The fraction of sp³-hybridized carbons (Fsp3) is 0.182. The smallest absolute Gasteiger partial charge is 0.244 e. The second-order valence-electron chi connectivity index (χ2n) is 3.41. The summed E-state index contributed by atoms with van der Waals surface area (Å²) in [6.45, 7) is 1.89. The highest BCUT2D eigenvalue weighted by Crippen LogP contribution is 2.02. The Balaban J connectivity index is 2.03. The number of anilines is 1. The van der Waals surface area contributed by atoms with Crippen molar-refractivity contribution in [3.05, 3.63) is 41.7 Å². The van der Waals surface area contributed by atoms with E-state index in [9.17, 15) is 0 Å². The quantitative estimate of drug-likeness (QED) is 0.624. The maximum Gasteiger partial charge on any atom is 0.244 e. The van der Waals surface area contributed by atoms with E-state index in [2.05, 4.69) is 20.7 Å². The number of aromatic nitrogens is 3. The van der Waals surface area contributed by atoms with Gasteiger partial charge in [-0.05, 0) is 12.5 Å². The summed E-state index contributed by atoms with van der Waals surface area (Å²) < 4.78 is 1.84. The Kier molecular flexibility index (Phi) is 2.95. The number of benzene rings is 1. The van der Waals surface area contributed by atoms with Crippen LogP contribution in [0.25, 0.3) is 0 Å². The van der Waals surface area contributed by atoms with Gasteiger partial charge in [0.2, 0.25) is 5.95 Å². The molecule has 0 aliphatic rings. The monoisotopic (exact) mass is 215 g/mol. The van der Waals surface area contributed by atoms with Gasteiger partial charge in [0.1, 0.15) is 5.82 Å². The summed E-state index contributed by atoms with van der Waals surface area (Å²) in [6, 6.07) is 9.86. The van der Waals surface area contributed by atoms with Crippen molar-refractivity contribution >= 4 is 12.2 Å². The van der Waals surface area contributed by atoms with Gasteiger partial charge in [-0.15, -0.1) is 10.2 Å². The van der Waals surface area contributed by atoms with E-state index in [1.807, 2.05) is 48.9 Å². The molecule has 1 aromatic heterocycles. The fourth-order valence-electron chi connectivity index (χ4n) is 1.21. The molecule has 0 spiro atoms. The molecule has 82 valence electrons. The molecule has 1 N–H and O–H groups in total. The van der Waals surface area contributed by atoms with Crippen LogP contribution in [0.3, 0.4) is 0 Å². The van der Waals surface area contributed by atoms with Crippen LogP contribution in [-0.2, 0) is 7.05 Å². The molecule has 1 aromatic carbocycles. The van der Waals surface area contributed by atoms with Gasteiger partial charge in [-0.1, -0.05) is 30.3 Å². The Labute approximate surface area is 93.8 Å². The number of hydrogen-bond acceptors (Lipinski definition) is 4. The zero-order chi connectivity index (χ0) is 11.4. The topological polar surface area (TPSA) is 55.1 Å². The molecule has 0 fully saturated rings. The van der Waals surface area contributed by atoms with E-state index >= 15 is 0 Å². The number of hydrogen-bond donors (Lipinski definition) is 1. The lowest BCUT2D eigenvalue weighted by atomic mass is 10.2. The highest BCUT2D eigenvalue weighted by atomic mass is 15.4. The minimum Gasteiger partial charge on any atom is -0.299 e. The van der Waals surface area contributed by atoms with Crippen LogP contribution in [0.4, 0.5) is 5.95 Å². The summed E-state index contributed by atoms with van der Waals surface area (Å²) in [4.78, 5) is 0. The first-order valence-electron chi connectivity index (χ1n) is 4.97. The van der Waals surface area contributed by atoms with Crippen LogP contribution in [0, 0.1) is 6.92 Å². The van der Waals surface area contributed by atoms with Crippen molar-refractivity contribution in [3.8, 4) is 0 Å². The number of nitrogens with one attached hydrogen (secondary N) is 1. The van der Waals surface area contributed by atoms with Gasteiger partial charge in [-0.25, -0.2) is 5.43 Å². The molecule has 2 aromatic rings. The van der Waals surface area contributed by atoms with Gasteiger partial charge in [-0.3, -0.25) is 4.57 Å². The van der Waals surface area contributed by atoms with Crippen LogP contribution in [0.1, 0.15) is 11.4 Å². The molecule has 0 atom stereocenters. The summed E-state index contributed by atoms with van der Waals surface area (Å²) >= 11 is 0. The van der Waals surface area contributed by atoms with Crippen LogP contribution in [0.5, 0.6) is 0 Å². The Bertz CT molecular complexity index is 486. The molecule has 2 rings (SSSR count). The van der Waals surface area contributed by atoms with Crippen molar-refractivity contribution in [1.82, 2.24) is 14.8 Å². The summed E-state index contributed by atoms with van der Waals surface area (Å²) in [6.07, 6.45) is 1.74. The third kappa shape index (κ3) is 2.25. The molecular formula is C11H13N5. The second kappa shape index (κ2) is 4.57. The van der Waals surface area contributed by atoms with Crippen LogP contribution in [-0.4, -0.2) is 21.0 Å². The maximum atomic E-state index is 4.09. The molecule has 0 saturated heterocycles. The van der Waals surface area contributed by atoms with Gasteiger partial charge >= 0.3 is 0 Å². The van der Waals surface area contributed by atoms with Gasteiger partial charge in [0.25, 0.3) is 0 Å². The number of rotatable bonds is 3. The summed E-state index contributed by atoms with van der Waals surface area (Å²) in [5.74, 6) is 1.47. The number of aryl methyl sites for hydroxylation is 1. The molecule has 0 saturated carbocycles. The highest BCUT2D eigenvalue weighted by Gasteiger charge is 2.01. The molecule has 16 heavy (non-hydrogen) atoms. The van der Waals surface area contributed by atoms with E-state index in [1.165, 1.54) is 0 Å². The van der Waals surface area contributed by atoms with Crippen LogP contribution in [0.15, 0.2) is 35.4 Å². The Hall–Kier alpha value is -2.17. The predicted octanol–water partition coefficient (Wildman–Crippen LogP) is 1.57. The average molecular weight is 215 g/mol. The molecule has 5 heteroatoms. The van der Waals surface area contributed by atoms with Crippen molar-refractivity contribution < 1.29 is 0 Å². The molecule has 1 heterocycles. The first-order valence-corrected chi connectivity index (χ1v) is 4.97. The fourth-order valence-corrected chi connectivity index (χ4v) is 1.21. The SMILES string of the molecule is Cc1nnc(NN=Cc2ccccc2)n1C. The van der Waals surface area contributed by atoms with Gasteiger partial charge in [0.15, 0.2) is 0 Å². The molecular weight excluding hydrogens is 202 g/mol. The molecule has 0 aliphatic carbocycles. The van der Waals surface area contributed by atoms with Gasteiger partial charge in [-0.2, -0.15) is 5.10 Å². The zero-order valence-electron chi connectivity index (χ0n) is 9.25. The van der Waals surface area contributed by atoms with Gasteiger partial charge in [0.05, 0.1) is 6.21 Å². The van der Waals surface area contributed by atoms with Crippen LogP contribution in [0.2, 0.25) is 0 Å². The second-order valence-corrected chi connectivity index (χ2v) is 3.41. The van der Waals surface area contributed by atoms with Crippen LogP contribution < -0.4 is 5.43 Å². The lowest BCUT2D eigenvalue weighted by Gasteiger charge is -1.99. The van der Waals surface area contributed by atoms with E-state index in [0.717, 1.165) is 11.4 Å². The normalized spacial score (nSPS) is 10.9. The van der Waals surface area contributed by atoms with E-state index in [4.69, 9.17) is 0 Å². The van der Waals surface area contributed by atoms with Crippen molar-refractivity contribution in [2.45, 2.75) is 6.92 Å². The van der Waals surface area contributed by atoms with E-state index < -0.39 is 0 Å². The Morgan fingerprint density at radius 2 is 2.00 bits per heavy atom. The summed E-state index contributed by atoms with van der Waals surface area (Å²) in [5.41, 5.74) is 3.88. The standard InChI is InChI=1S/C11H13N5/c1-9-13-15-11(16(9)2)14-12-8-10-6-4-3-5-7-10/h3-8H,1-2H3,(H,14,15). The molecule has 0 aliphatic heterocycles. The predicted molar refractivity (Wildman–Crippen MR) is 63.4 cm³/mol. The third-order valence-electron chi connectivity index (χ3n) is 2.27. The van der Waals surface area contributed by atoms with Crippen molar-refractivity contribution in [2.75, 3.05) is 5.43 Å². The minimum atomic E-state index is 0.629. The maximum absolute atomic E-state index is 4.09. The Morgan fingerprint density at radius 3 is 2.62 bits per heavy atom. The first-order chi connectivity index (χ1) is 7.77. The summed E-state index contributed by atoms with van der Waals surface area (Å²) in [5, 5.41) is 11.9. The number of hydrazone groups is 1. The summed E-state index contributed by atoms with van der Waals surface area (Å²) in [7, 11) is 1.88. The van der Waals surface area contributed by atoms with Crippen molar-refractivity contribution in [2.24, 2.45) is 12.1 Å². The van der Waals surface area contributed by atoms with Crippen molar-refractivity contribution in [3.63, 3.8) is 0 Å². The van der Waals surface area contributed by atoms with Crippen molar-refractivity contribution in [1.29, 1.82) is 0 Å². The lowest BCUT2D eigenvalue weighted by molar-refractivity contribution is 0.859. The molecule has 0 unspecified atom stereocenters. The average Bonchev–Trinajstić information content (AvgIpc) is 2.62. The van der Waals surface area contributed by atoms with Gasteiger partial charge < -0.3 is 0 Å². The Morgan fingerprint density at radius 1 is 1.25 bits per heavy atom. The van der Waals surface area contributed by atoms with E-state index in [1.54, 1.807) is 6.21 Å². The molecule has 0 amide bonds. The van der Waals surface area contributed by atoms with Crippen LogP contribution >= 0.6 is 0 Å². The van der Waals surface area contributed by atoms with E-state index in [0.29, 0.717) is 5.95 Å². The van der Waals surface area contributed by atoms with Gasteiger partial charge in [0, 0.05) is 7.05 Å².